The standard InChI is InChI=1S/C12H15N3O2S2/c1-8(16)14-9(10-3-2-5-18-10)7-11(17)15-12-13-4-6-19-12/h2-3,5,9H,4,6-7H2,1H3,(H,14,16)(H,13,15,17). The maximum Gasteiger partial charge on any atom is 0.228 e. The summed E-state index contributed by atoms with van der Waals surface area (Å²) in [5.41, 5.74) is 0. The summed E-state index contributed by atoms with van der Waals surface area (Å²) in [6.07, 6.45) is 0.222. The number of thiophene rings is 1. The van der Waals surface area contributed by atoms with Gasteiger partial charge in [-0.05, 0) is 11.4 Å². The number of carbonyl (C=O) groups excluding carboxylic acids is 2. The quantitative estimate of drug-likeness (QED) is 0.885. The van der Waals surface area contributed by atoms with E-state index in [9.17, 15) is 9.59 Å². The molecule has 2 N–H and O–H groups in total. The Morgan fingerprint density at radius 1 is 1.53 bits per heavy atom. The van der Waals surface area contributed by atoms with Crippen molar-refractivity contribution in [1.82, 2.24) is 10.6 Å². The van der Waals surface area contributed by atoms with E-state index in [1.54, 1.807) is 11.8 Å². The molecular formula is C12H15N3O2S2. The van der Waals surface area contributed by atoms with Crippen LogP contribution >= 0.6 is 23.1 Å². The first kappa shape index (κ1) is 14.1. The van der Waals surface area contributed by atoms with Crippen LogP contribution in [0, 0.1) is 0 Å². The van der Waals surface area contributed by atoms with E-state index >= 15 is 0 Å². The molecule has 1 aromatic rings. The zero-order chi connectivity index (χ0) is 13.7. The average Bonchev–Trinajstić information content (AvgIpc) is 2.99. The van der Waals surface area contributed by atoms with Crippen LogP contribution in [0.15, 0.2) is 22.5 Å². The molecule has 0 bridgehead atoms. The van der Waals surface area contributed by atoms with Crippen molar-refractivity contribution >= 4 is 40.1 Å². The van der Waals surface area contributed by atoms with Crippen LogP contribution in [0.3, 0.4) is 0 Å². The normalized spacial score (nSPS) is 15.7. The Morgan fingerprint density at radius 2 is 2.37 bits per heavy atom. The first-order chi connectivity index (χ1) is 9.15. The van der Waals surface area contributed by atoms with Gasteiger partial charge in [-0.2, -0.15) is 0 Å². The van der Waals surface area contributed by atoms with Gasteiger partial charge in [0.15, 0.2) is 5.17 Å². The van der Waals surface area contributed by atoms with E-state index in [2.05, 4.69) is 15.6 Å². The van der Waals surface area contributed by atoms with Crippen molar-refractivity contribution in [2.75, 3.05) is 12.3 Å². The van der Waals surface area contributed by atoms with Crippen LogP contribution in [-0.4, -0.2) is 29.3 Å². The second-order valence-electron chi connectivity index (χ2n) is 4.06. The summed E-state index contributed by atoms with van der Waals surface area (Å²) in [7, 11) is 0. The molecule has 1 aromatic heterocycles. The minimum Gasteiger partial charge on any atom is -0.348 e. The smallest absolute Gasteiger partial charge is 0.228 e. The van der Waals surface area contributed by atoms with E-state index < -0.39 is 0 Å². The van der Waals surface area contributed by atoms with E-state index in [4.69, 9.17) is 0 Å². The first-order valence-electron chi connectivity index (χ1n) is 5.93. The highest BCUT2D eigenvalue weighted by Crippen LogP contribution is 2.22. The predicted molar refractivity (Wildman–Crippen MR) is 78.4 cm³/mol. The molecule has 0 aromatic carbocycles. The summed E-state index contributed by atoms with van der Waals surface area (Å²) in [5.74, 6) is 0.648. The topological polar surface area (TPSA) is 70.6 Å². The molecule has 2 rings (SSSR count). The molecule has 1 aliphatic rings. The minimum atomic E-state index is -0.274. The molecule has 0 fully saturated rings. The fourth-order valence-corrected chi connectivity index (χ4v) is 3.25. The number of rotatable bonds is 4. The van der Waals surface area contributed by atoms with Crippen molar-refractivity contribution in [2.24, 2.45) is 4.99 Å². The van der Waals surface area contributed by atoms with E-state index in [0.717, 1.165) is 17.2 Å². The number of amides is 2. The second-order valence-corrected chi connectivity index (χ2v) is 6.12. The maximum atomic E-state index is 11.9. The Balaban J connectivity index is 1.95. The van der Waals surface area contributed by atoms with Crippen molar-refractivity contribution in [3.63, 3.8) is 0 Å². The lowest BCUT2D eigenvalue weighted by atomic mass is 10.1. The maximum absolute atomic E-state index is 11.9. The van der Waals surface area contributed by atoms with Gasteiger partial charge in [0.05, 0.1) is 19.0 Å². The van der Waals surface area contributed by atoms with Crippen molar-refractivity contribution in [2.45, 2.75) is 19.4 Å². The summed E-state index contributed by atoms with van der Waals surface area (Å²) in [6.45, 7) is 2.20. The number of nitrogens with zero attached hydrogens (tertiary/aromatic N) is 1. The number of aliphatic imine (C=N–C) groups is 1. The van der Waals surface area contributed by atoms with Gasteiger partial charge in [-0.25, -0.2) is 0 Å². The summed E-state index contributed by atoms with van der Waals surface area (Å²) in [6, 6.07) is 3.55. The molecule has 7 heteroatoms. The summed E-state index contributed by atoms with van der Waals surface area (Å²) in [5, 5.41) is 8.18. The lowest BCUT2D eigenvalue weighted by molar-refractivity contribution is -0.121. The Hall–Kier alpha value is -1.34. The van der Waals surface area contributed by atoms with Gasteiger partial charge in [0.2, 0.25) is 11.8 Å². The molecule has 5 nitrogen and oxygen atoms in total. The first-order valence-corrected chi connectivity index (χ1v) is 7.79. The Morgan fingerprint density at radius 3 is 2.95 bits per heavy atom. The number of hydrogen-bond acceptors (Lipinski definition) is 5. The average molecular weight is 297 g/mol. The van der Waals surface area contributed by atoms with Gasteiger partial charge >= 0.3 is 0 Å². The number of amidine groups is 1. The minimum absolute atomic E-state index is 0.125. The number of thioether (sulfide) groups is 1. The molecule has 1 atom stereocenters. The monoisotopic (exact) mass is 297 g/mol. The van der Waals surface area contributed by atoms with Crippen LogP contribution in [0.2, 0.25) is 0 Å². The third kappa shape index (κ3) is 4.36. The molecule has 2 amide bonds. The Bertz CT molecular complexity index is 485. The molecule has 1 aliphatic heterocycles. The number of carbonyl (C=O) groups is 2. The van der Waals surface area contributed by atoms with Crippen molar-refractivity contribution in [1.29, 1.82) is 0 Å². The highest BCUT2D eigenvalue weighted by atomic mass is 32.2. The SMILES string of the molecule is CC(=O)NC(CC(=O)NC1=NCCS1)c1cccs1. The predicted octanol–water partition coefficient (Wildman–Crippen LogP) is 1.53. The molecule has 0 saturated carbocycles. The van der Waals surface area contributed by atoms with Crippen LogP contribution in [0.5, 0.6) is 0 Å². The van der Waals surface area contributed by atoms with Gasteiger partial charge in [-0.1, -0.05) is 17.8 Å². The second kappa shape index (κ2) is 6.72. The fraction of sp³-hybridized carbons (Fsp3) is 0.417. The third-order valence-corrected chi connectivity index (χ3v) is 4.36. The largest absolute Gasteiger partial charge is 0.348 e. The molecule has 0 aliphatic carbocycles. The van der Waals surface area contributed by atoms with E-state index in [-0.39, 0.29) is 24.3 Å². The summed E-state index contributed by atoms with van der Waals surface area (Å²) >= 11 is 3.07. The highest BCUT2D eigenvalue weighted by Gasteiger charge is 2.19. The van der Waals surface area contributed by atoms with Crippen LogP contribution in [0.4, 0.5) is 0 Å². The highest BCUT2D eigenvalue weighted by molar-refractivity contribution is 8.14. The molecule has 19 heavy (non-hydrogen) atoms. The molecule has 0 saturated heterocycles. The lowest BCUT2D eigenvalue weighted by Gasteiger charge is -2.16. The van der Waals surface area contributed by atoms with Gasteiger partial charge in [0.1, 0.15) is 0 Å². The van der Waals surface area contributed by atoms with Crippen molar-refractivity contribution < 1.29 is 9.59 Å². The summed E-state index contributed by atoms with van der Waals surface area (Å²) < 4.78 is 0. The summed E-state index contributed by atoms with van der Waals surface area (Å²) in [4.78, 5) is 28.3. The molecule has 0 spiro atoms. The molecule has 102 valence electrons. The number of nitrogens with one attached hydrogen (secondary N) is 2. The van der Waals surface area contributed by atoms with Gasteiger partial charge in [0.25, 0.3) is 0 Å². The van der Waals surface area contributed by atoms with Gasteiger partial charge in [-0.15, -0.1) is 11.3 Å². The van der Waals surface area contributed by atoms with Crippen molar-refractivity contribution in [3.8, 4) is 0 Å². The molecular weight excluding hydrogens is 282 g/mol. The van der Waals surface area contributed by atoms with Gasteiger partial charge < -0.3 is 10.6 Å². The van der Waals surface area contributed by atoms with Gasteiger partial charge in [0, 0.05) is 17.6 Å². The zero-order valence-corrected chi connectivity index (χ0v) is 12.1. The van der Waals surface area contributed by atoms with E-state index in [0.29, 0.717) is 5.17 Å². The van der Waals surface area contributed by atoms with Crippen LogP contribution in [-0.2, 0) is 9.59 Å². The van der Waals surface area contributed by atoms with Crippen LogP contribution < -0.4 is 10.6 Å². The zero-order valence-electron chi connectivity index (χ0n) is 10.5. The van der Waals surface area contributed by atoms with Crippen molar-refractivity contribution in [3.05, 3.63) is 22.4 Å². The van der Waals surface area contributed by atoms with E-state index in [1.807, 2.05) is 17.5 Å². The fourth-order valence-electron chi connectivity index (χ4n) is 1.72. The molecule has 2 heterocycles. The van der Waals surface area contributed by atoms with Crippen LogP contribution in [0.25, 0.3) is 0 Å². The third-order valence-electron chi connectivity index (χ3n) is 2.49. The Labute approximate surface area is 119 Å². The van der Waals surface area contributed by atoms with Crippen LogP contribution in [0.1, 0.15) is 24.3 Å². The lowest BCUT2D eigenvalue weighted by Crippen LogP contribution is -2.33. The molecule has 0 radical (unpaired) electrons. The van der Waals surface area contributed by atoms with E-state index in [1.165, 1.54) is 18.3 Å². The number of hydrogen-bond donors (Lipinski definition) is 2. The van der Waals surface area contributed by atoms with Gasteiger partial charge in [-0.3, -0.25) is 14.6 Å². The Kier molecular flexibility index (Phi) is 4.98. The molecule has 1 unspecified atom stereocenters.